The fourth-order valence-electron chi connectivity index (χ4n) is 1.58. The van der Waals surface area contributed by atoms with Crippen molar-refractivity contribution >= 4 is 69.5 Å². The van der Waals surface area contributed by atoms with Crippen LogP contribution in [0.3, 0.4) is 0 Å². The number of halogens is 4. The Morgan fingerprint density at radius 1 is 1.18 bits per heavy atom. The first-order valence-electron chi connectivity index (χ1n) is 5.85. The fourth-order valence-corrected chi connectivity index (χ4v) is 2.78. The summed E-state index contributed by atoms with van der Waals surface area (Å²) in [6.07, 6.45) is 1.24. The Balaban J connectivity index is 2.16. The van der Waals surface area contributed by atoms with E-state index in [1.165, 1.54) is 18.3 Å². The molecule has 2 N–H and O–H groups in total. The third kappa shape index (κ3) is 4.25. The number of phenolic OH excluding ortho intramolecular Hbond substituents is 1. The molecule has 4 nitrogen and oxygen atoms in total. The van der Waals surface area contributed by atoms with Crippen LogP contribution in [-0.4, -0.2) is 17.2 Å². The molecule has 0 unspecified atom stereocenters. The zero-order valence-corrected chi connectivity index (χ0v) is 15.2. The molecule has 0 aromatic heterocycles. The minimum atomic E-state index is -0.465. The van der Waals surface area contributed by atoms with Crippen LogP contribution in [-0.2, 0) is 0 Å². The second kappa shape index (κ2) is 7.50. The van der Waals surface area contributed by atoms with Crippen molar-refractivity contribution in [2.75, 3.05) is 0 Å². The van der Waals surface area contributed by atoms with Crippen molar-refractivity contribution in [3.05, 3.63) is 60.1 Å². The Kier molecular flexibility index (Phi) is 5.91. The van der Waals surface area contributed by atoms with Crippen molar-refractivity contribution < 1.29 is 9.90 Å². The fraction of sp³-hybridized carbons (Fsp3) is 0. The van der Waals surface area contributed by atoms with Gasteiger partial charge in [-0.1, -0.05) is 34.8 Å². The van der Waals surface area contributed by atoms with Crippen molar-refractivity contribution in [1.82, 2.24) is 5.43 Å². The van der Waals surface area contributed by atoms with Crippen molar-refractivity contribution in [2.24, 2.45) is 5.10 Å². The maximum atomic E-state index is 12.0. The van der Waals surface area contributed by atoms with E-state index in [0.29, 0.717) is 15.6 Å². The summed E-state index contributed by atoms with van der Waals surface area (Å²) >= 11 is 19.7. The molecule has 0 aliphatic heterocycles. The van der Waals surface area contributed by atoms with E-state index in [2.05, 4.69) is 33.1 Å². The highest BCUT2D eigenvalue weighted by Gasteiger charge is 2.10. The van der Waals surface area contributed by atoms with Gasteiger partial charge in [-0.25, -0.2) is 5.43 Å². The highest BCUT2D eigenvalue weighted by atomic mass is 127. The molecular weight excluding hydrogens is 461 g/mol. The van der Waals surface area contributed by atoms with Gasteiger partial charge < -0.3 is 5.11 Å². The Morgan fingerprint density at radius 2 is 1.91 bits per heavy atom. The van der Waals surface area contributed by atoms with Gasteiger partial charge >= 0.3 is 0 Å². The SMILES string of the molecule is O=C(NN=Cc1cc(Cl)cc(Cl)c1O)c1cc(I)ccc1Cl. The van der Waals surface area contributed by atoms with Crippen LogP contribution >= 0.6 is 57.4 Å². The number of nitrogens with one attached hydrogen (secondary N) is 1. The van der Waals surface area contributed by atoms with E-state index in [1.54, 1.807) is 18.2 Å². The van der Waals surface area contributed by atoms with Crippen molar-refractivity contribution in [1.29, 1.82) is 0 Å². The van der Waals surface area contributed by atoms with Crippen LogP contribution in [0.15, 0.2) is 35.4 Å². The molecule has 0 aliphatic carbocycles. The standard InChI is InChI=1S/C14H8Cl3IN2O2/c15-8-3-7(13(21)12(17)4-8)6-19-20-14(22)10-5-9(18)1-2-11(10)16/h1-6,21H,(H,20,22). The summed E-state index contributed by atoms with van der Waals surface area (Å²) < 4.78 is 0.871. The Morgan fingerprint density at radius 3 is 2.64 bits per heavy atom. The summed E-state index contributed by atoms with van der Waals surface area (Å²) in [5, 5.41) is 14.3. The number of hydrogen-bond acceptors (Lipinski definition) is 3. The van der Waals surface area contributed by atoms with Crippen LogP contribution in [0.2, 0.25) is 15.1 Å². The van der Waals surface area contributed by atoms with E-state index in [9.17, 15) is 9.90 Å². The van der Waals surface area contributed by atoms with E-state index in [-0.39, 0.29) is 16.3 Å². The second-order valence-electron chi connectivity index (χ2n) is 4.15. The van der Waals surface area contributed by atoms with E-state index in [0.717, 1.165) is 3.57 Å². The highest BCUT2D eigenvalue weighted by Crippen LogP contribution is 2.29. The number of hydrogen-bond donors (Lipinski definition) is 2. The molecule has 0 fully saturated rings. The monoisotopic (exact) mass is 468 g/mol. The van der Waals surface area contributed by atoms with Crippen molar-refractivity contribution in [3.63, 3.8) is 0 Å². The summed E-state index contributed by atoms with van der Waals surface area (Å²) in [5.41, 5.74) is 2.92. The average molecular weight is 469 g/mol. The van der Waals surface area contributed by atoms with Crippen LogP contribution in [0.25, 0.3) is 0 Å². The molecule has 114 valence electrons. The van der Waals surface area contributed by atoms with Crippen molar-refractivity contribution in [3.8, 4) is 5.75 Å². The first-order chi connectivity index (χ1) is 10.4. The lowest BCUT2D eigenvalue weighted by atomic mass is 10.2. The third-order valence-electron chi connectivity index (χ3n) is 2.60. The Hall–Kier alpha value is -1.02. The zero-order chi connectivity index (χ0) is 16.3. The Labute approximate surface area is 155 Å². The molecule has 0 saturated heterocycles. The summed E-state index contributed by atoms with van der Waals surface area (Å²) in [5.74, 6) is -0.635. The lowest BCUT2D eigenvalue weighted by Gasteiger charge is -2.04. The normalized spacial score (nSPS) is 10.9. The number of carbonyl (C=O) groups is 1. The van der Waals surface area contributed by atoms with E-state index in [1.807, 2.05) is 0 Å². The predicted octanol–water partition coefficient (Wildman–Crippen LogP) is 4.72. The van der Waals surface area contributed by atoms with Gasteiger partial charge in [0.15, 0.2) is 0 Å². The first kappa shape index (κ1) is 17.3. The summed E-state index contributed by atoms with van der Waals surface area (Å²) in [7, 11) is 0. The molecule has 0 saturated carbocycles. The summed E-state index contributed by atoms with van der Waals surface area (Å²) in [4.78, 5) is 12.0. The van der Waals surface area contributed by atoms with Crippen LogP contribution < -0.4 is 5.43 Å². The number of hydrazone groups is 1. The maximum Gasteiger partial charge on any atom is 0.272 e. The van der Waals surface area contributed by atoms with Gasteiger partial charge in [0.1, 0.15) is 5.75 Å². The Bertz CT molecular complexity index is 766. The quantitative estimate of drug-likeness (QED) is 0.388. The second-order valence-corrected chi connectivity index (χ2v) is 6.65. The number of phenols is 1. The molecule has 0 heterocycles. The molecule has 0 bridgehead atoms. The molecule has 2 aromatic rings. The molecule has 2 rings (SSSR count). The summed E-state index contributed by atoms with van der Waals surface area (Å²) in [6, 6.07) is 7.93. The molecular formula is C14H8Cl3IN2O2. The molecule has 2 aromatic carbocycles. The molecule has 0 aliphatic rings. The van der Waals surface area contributed by atoms with Gasteiger partial charge in [-0.05, 0) is 52.9 Å². The smallest absolute Gasteiger partial charge is 0.272 e. The van der Waals surface area contributed by atoms with Gasteiger partial charge in [-0.15, -0.1) is 0 Å². The minimum absolute atomic E-state index is 0.0981. The van der Waals surface area contributed by atoms with E-state index >= 15 is 0 Å². The molecule has 0 atom stereocenters. The van der Waals surface area contributed by atoms with Crippen LogP contribution in [0.5, 0.6) is 5.75 Å². The number of benzene rings is 2. The molecule has 22 heavy (non-hydrogen) atoms. The molecule has 0 radical (unpaired) electrons. The lowest BCUT2D eigenvalue weighted by Crippen LogP contribution is -2.18. The zero-order valence-electron chi connectivity index (χ0n) is 10.8. The van der Waals surface area contributed by atoms with Crippen LogP contribution in [0, 0.1) is 3.57 Å². The molecule has 0 spiro atoms. The number of carbonyl (C=O) groups excluding carboxylic acids is 1. The summed E-state index contributed by atoms with van der Waals surface area (Å²) in [6.45, 7) is 0. The van der Waals surface area contributed by atoms with E-state index in [4.69, 9.17) is 34.8 Å². The van der Waals surface area contributed by atoms with Gasteiger partial charge in [0.2, 0.25) is 0 Å². The largest absolute Gasteiger partial charge is 0.506 e. The van der Waals surface area contributed by atoms with Gasteiger partial charge in [0.25, 0.3) is 5.91 Å². The number of aromatic hydroxyl groups is 1. The number of nitrogens with zero attached hydrogens (tertiary/aromatic N) is 1. The number of rotatable bonds is 3. The van der Waals surface area contributed by atoms with Gasteiger partial charge in [0.05, 0.1) is 21.8 Å². The topological polar surface area (TPSA) is 61.7 Å². The first-order valence-corrected chi connectivity index (χ1v) is 8.06. The third-order valence-corrected chi connectivity index (χ3v) is 4.11. The highest BCUT2D eigenvalue weighted by molar-refractivity contribution is 14.1. The van der Waals surface area contributed by atoms with Gasteiger partial charge in [-0.2, -0.15) is 5.10 Å². The lowest BCUT2D eigenvalue weighted by molar-refractivity contribution is 0.0955. The number of amides is 1. The van der Waals surface area contributed by atoms with Crippen LogP contribution in [0.1, 0.15) is 15.9 Å². The maximum absolute atomic E-state index is 12.0. The minimum Gasteiger partial charge on any atom is -0.506 e. The molecule has 1 amide bonds. The van der Waals surface area contributed by atoms with E-state index < -0.39 is 5.91 Å². The molecule has 8 heteroatoms. The predicted molar refractivity (Wildman–Crippen MR) is 97.4 cm³/mol. The van der Waals surface area contributed by atoms with Crippen molar-refractivity contribution in [2.45, 2.75) is 0 Å². The van der Waals surface area contributed by atoms with Crippen LogP contribution in [0.4, 0.5) is 0 Å². The van der Waals surface area contributed by atoms with Gasteiger partial charge in [0, 0.05) is 14.2 Å². The van der Waals surface area contributed by atoms with Gasteiger partial charge in [-0.3, -0.25) is 4.79 Å². The average Bonchev–Trinajstić information content (AvgIpc) is 2.46.